The lowest BCUT2D eigenvalue weighted by molar-refractivity contribution is -0.140. The average Bonchev–Trinajstić information content (AvgIpc) is 2.19. The Morgan fingerprint density at radius 2 is 1.94 bits per heavy atom. The second-order valence-electron chi connectivity index (χ2n) is 2.75. The fourth-order valence-corrected chi connectivity index (χ4v) is 2.15. The fraction of sp³-hybridized carbons (Fsp3) is 0.111. The van der Waals surface area contributed by atoms with Crippen LogP contribution < -0.4 is 0 Å². The summed E-state index contributed by atoms with van der Waals surface area (Å²) in [6.45, 7) is -0.748. The van der Waals surface area contributed by atoms with E-state index in [4.69, 9.17) is 5.11 Å². The van der Waals surface area contributed by atoms with Gasteiger partial charge in [-0.05, 0) is 28.1 Å². The van der Waals surface area contributed by atoms with E-state index in [0.717, 1.165) is 0 Å². The molecule has 0 spiro atoms. The van der Waals surface area contributed by atoms with Gasteiger partial charge in [0.1, 0.15) is 11.3 Å². The van der Waals surface area contributed by atoms with Crippen LogP contribution in [0, 0.1) is 0 Å². The van der Waals surface area contributed by atoms with Gasteiger partial charge in [-0.1, -0.05) is 15.9 Å². The van der Waals surface area contributed by atoms with Gasteiger partial charge in [0.15, 0.2) is 6.61 Å². The molecule has 0 atom stereocenters. The van der Waals surface area contributed by atoms with Crippen LogP contribution in [0.3, 0.4) is 0 Å². The molecule has 1 aromatic rings. The predicted molar refractivity (Wildman–Crippen MR) is 61.4 cm³/mol. The molecule has 0 saturated heterocycles. The number of carbonyl (C=O) groups excluding carboxylic acids is 1. The quantitative estimate of drug-likeness (QED) is 0.813. The lowest BCUT2D eigenvalue weighted by Crippen LogP contribution is -2.13. The van der Waals surface area contributed by atoms with E-state index in [1.54, 1.807) is 6.07 Å². The van der Waals surface area contributed by atoms with Crippen molar-refractivity contribution in [1.82, 2.24) is 0 Å². The maximum atomic E-state index is 11.4. The van der Waals surface area contributed by atoms with Gasteiger partial charge in [-0.3, -0.25) is 0 Å². The molecule has 0 aliphatic heterocycles. The summed E-state index contributed by atoms with van der Waals surface area (Å²) in [5.74, 6) is -2.46. The van der Waals surface area contributed by atoms with Gasteiger partial charge in [0, 0.05) is 4.47 Å². The summed E-state index contributed by atoms with van der Waals surface area (Å²) in [5, 5.41) is 17.9. The molecule has 1 rings (SSSR count). The van der Waals surface area contributed by atoms with Crippen molar-refractivity contribution in [2.24, 2.45) is 0 Å². The number of esters is 1. The first-order chi connectivity index (χ1) is 7.41. The van der Waals surface area contributed by atoms with Crippen LogP contribution in [-0.4, -0.2) is 28.8 Å². The van der Waals surface area contributed by atoms with Crippen LogP contribution in [0.2, 0.25) is 0 Å². The maximum absolute atomic E-state index is 11.4. The highest BCUT2D eigenvalue weighted by atomic mass is 79.9. The Hall–Kier alpha value is -1.08. The van der Waals surface area contributed by atoms with Crippen LogP contribution in [-0.2, 0) is 9.53 Å². The number of carboxylic acids is 1. The van der Waals surface area contributed by atoms with Crippen molar-refractivity contribution in [2.75, 3.05) is 6.61 Å². The first kappa shape index (κ1) is 13.0. The lowest BCUT2D eigenvalue weighted by atomic mass is 10.2. The second kappa shape index (κ2) is 5.31. The molecule has 0 fully saturated rings. The van der Waals surface area contributed by atoms with Gasteiger partial charge in [-0.25, -0.2) is 9.59 Å². The third-order valence-corrected chi connectivity index (χ3v) is 2.64. The lowest BCUT2D eigenvalue weighted by Gasteiger charge is -2.06. The van der Waals surface area contributed by atoms with Gasteiger partial charge in [0.2, 0.25) is 0 Å². The van der Waals surface area contributed by atoms with E-state index in [2.05, 4.69) is 36.6 Å². The van der Waals surface area contributed by atoms with Crippen LogP contribution in [0.1, 0.15) is 10.4 Å². The van der Waals surface area contributed by atoms with E-state index < -0.39 is 18.5 Å². The zero-order chi connectivity index (χ0) is 12.3. The van der Waals surface area contributed by atoms with Crippen molar-refractivity contribution in [3.05, 3.63) is 26.6 Å². The number of benzene rings is 1. The summed E-state index contributed by atoms with van der Waals surface area (Å²) in [7, 11) is 0. The van der Waals surface area contributed by atoms with Crippen molar-refractivity contribution in [1.29, 1.82) is 0 Å². The van der Waals surface area contributed by atoms with E-state index in [1.807, 2.05) is 0 Å². The zero-order valence-corrected chi connectivity index (χ0v) is 10.9. The highest BCUT2D eigenvalue weighted by Crippen LogP contribution is 2.31. The number of halogens is 2. The molecular formula is C9H6Br2O5. The van der Waals surface area contributed by atoms with Crippen LogP contribution in [0.4, 0.5) is 0 Å². The van der Waals surface area contributed by atoms with E-state index in [1.165, 1.54) is 6.07 Å². The zero-order valence-electron chi connectivity index (χ0n) is 7.74. The summed E-state index contributed by atoms with van der Waals surface area (Å²) in [6.07, 6.45) is 0. The van der Waals surface area contributed by atoms with Crippen molar-refractivity contribution < 1.29 is 24.5 Å². The number of phenolic OH excluding ortho intramolecular Hbond substituents is 1. The Kier molecular flexibility index (Phi) is 4.31. The van der Waals surface area contributed by atoms with Crippen LogP contribution in [0.5, 0.6) is 5.75 Å². The molecule has 1 aromatic carbocycles. The number of carboxylic acid groups (broad SMARTS) is 1. The summed E-state index contributed by atoms with van der Waals surface area (Å²) in [6, 6.07) is 2.88. The molecule has 16 heavy (non-hydrogen) atoms. The molecule has 0 aliphatic carbocycles. The Morgan fingerprint density at radius 1 is 1.31 bits per heavy atom. The van der Waals surface area contributed by atoms with Crippen molar-refractivity contribution in [3.8, 4) is 5.75 Å². The highest BCUT2D eigenvalue weighted by molar-refractivity contribution is 9.11. The van der Waals surface area contributed by atoms with Crippen LogP contribution in [0.25, 0.3) is 0 Å². The molecule has 7 heteroatoms. The monoisotopic (exact) mass is 352 g/mol. The molecular weight excluding hydrogens is 348 g/mol. The van der Waals surface area contributed by atoms with Gasteiger partial charge in [-0.15, -0.1) is 0 Å². The van der Waals surface area contributed by atoms with Gasteiger partial charge in [0.25, 0.3) is 0 Å². The molecule has 0 heterocycles. The van der Waals surface area contributed by atoms with E-state index >= 15 is 0 Å². The van der Waals surface area contributed by atoms with Crippen molar-refractivity contribution in [2.45, 2.75) is 0 Å². The first-order valence-corrected chi connectivity index (χ1v) is 5.57. The van der Waals surface area contributed by atoms with E-state index in [-0.39, 0.29) is 11.3 Å². The largest absolute Gasteiger partial charge is 0.506 e. The highest BCUT2D eigenvalue weighted by Gasteiger charge is 2.17. The van der Waals surface area contributed by atoms with Crippen LogP contribution in [0.15, 0.2) is 21.1 Å². The molecule has 0 amide bonds. The summed E-state index contributed by atoms with van der Waals surface area (Å²) >= 11 is 6.17. The predicted octanol–water partition coefficient (Wildman–Crippen LogP) is 2.16. The molecule has 0 saturated carbocycles. The van der Waals surface area contributed by atoms with E-state index in [9.17, 15) is 14.7 Å². The Morgan fingerprint density at radius 3 is 2.50 bits per heavy atom. The minimum Gasteiger partial charge on any atom is -0.506 e. The Labute approximate surface area is 107 Å². The number of rotatable bonds is 3. The molecule has 86 valence electrons. The Bertz CT molecular complexity index is 444. The number of carbonyl (C=O) groups is 2. The molecule has 0 aliphatic rings. The molecule has 0 unspecified atom stereocenters. The normalized spacial score (nSPS) is 9.88. The van der Waals surface area contributed by atoms with Gasteiger partial charge < -0.3 is 14.9 Å². The summed E-state index contributed by atoms with van der Waals surface area (Å²) in [4.78, 5) is 21.6. The number of hydrogen-bond donors (Lipinski definition) is 2. The Balaban J connectivity index is 2.95. The molecule has 0 radical (unpaired) electrons. The second-order valence-corrected chi connectivity index (χ2v) is 4.52. The van der Waals surface area contributed by atoms with E-state index in [0.29, 0.717) is 8.95 Å². The van der Waals surface area contributed by atoms with Crippen molar-refractivity contribution >= 4 is 43.8 Å². The standard InChI is InChI=1S/C9H6Br2O5/c10-4-1-5(8(14)6(11)2-4)9(15)16-3-7(12)13/h1-2,14H,3H2,(H,12,13). The third kappa shape index (κ3) is 3.21. The van der Waals surface area contributed by atoms with Gasteiger partial charge >= 0.3 is 11.9 Å². The molecule has 0 aromatic heterocycles. The third-order valence-electron chi connectivity index (χ3n) is 1.57. The number of hydrogen-bond acceptors (Lipinski definition) is 4. The minimum absolute atomic E-state index is 0.109. The topological polar surface area (TPSA) is 83.8 Å². The maximum Gasteiger partial charge on any atom is 0.342 e. The smallest absolute Gasteiger partial charge is 0.342 e. The SMILES string of the molecule is O=C(O)COC(=O)c1cc(Br)cc(Br)c1O. The van der Waals surface area contributed by atoms with Gasteiger partial charge in [-0.2, -0.15) is 0 Å². The molecule has 0 bridgehead atoms. The average molecular weight is 354 g/mol. The number of phenols is 1. The number of ether oxygens (including phenoxy) is 1. The molecule has 5 nitrogen and oxygen atoms in total. The number of aromatic hydroxyl groups is 1. The van der Waals surface area contributed by atoms with Crippen LogP contribution >= 0.6 is 31.9 Å². The summed E-state index contributed by atoms with van der Waals surface area (Å²) < 4.78 is 5.30. The first-order valence-electron chi connectivity index (χ1n) is 3.98. The fourth-order valence-electron chi connectivity index (χ4n) is 0.927. The number of aliphatic carboxylic acids is 1. The van der Waals surface area contributed by atoms with Gasteiger partial charge in [0.05, 0.1) is 4.47 Å². The summed E-state index contributed by atoms with van der Waals surface area (Å²) in [5.41, 5.74) is -0.109. The molecule has 2 N–H and O–H groups in total. The van der Waals surface area contributed by atoms with Crippen molar-refractivity contribution in [3.63, 3.8) is 0 Å². The minimum atomic E-state index is -1.26.